The van der Waals surface area contributed by atoms with Crippen molar-refractivity contribution in [2.24, 2.45) is 5.73 Å². The van der Waals surface area contributed by atoms with E-state index < -0.39 is 0 Å². The van der Waals surface area contributed by atoms with Crippen molar-refractivity contribution in [2.75, 3.05) is 6.61 Å². The first-order valence-electron chi connectivity index (χ1n) is 7.06. The van der Waals surface area contributed by atoms with E-state index in [1.807, 2.05) is 49.4 Å². The summed E-state index contributed by atoms with van der Waals surface area (Å²) < 4.78 is 12.5. The van der Waals surface area contributed by atoms with Gasteiger partial charge in [0.1, 0.15) is 5.75 Å². The molecule has 2 rings (SSSR count). The molecular formula is C17H20BrNO2. The lowest BCUT2D eigenvalue weighted by Crippen LogP contribution is -2.04. The van der Waals surface area contributed by atoms with Gasteiger partial charge in [0.25, 0.3) is 0 Å². The van der Waals surface area contributed by atoms with Gasteiger partial charge in [0.05, 0.1) is 11.1 Å². The molecule has 1 atom stereocenters. The summed E-state index contributed by atoms with van der Waals surface area (Å²) >= 11 is 3.53. The standard InChI is InChI=1S/C17H20BrNO2/c1-3-10-20-16-6-4-5-7-17(16)21-15-9-8-13(12(2)19)11-14(15)18/h4-9,11-12H,3,10,19H2,1-2H3/t12-/m1/s1. The highest BCUT2D eigenvalue weighted by Crippen LogP contribution is 2.36. The van der Waals surface area contributed by atoms with Crippen molar-refractivity contribution >= 4 is 15.9 Å². The summed E-state index contributed by atoms with van der Waals surface area (Å²) in [6.45, 7) is 4.70. The van der Waals surface area contributed by atoms with Gasteiger partial charge in [-0.3, -0.25) is 0 Å². The monoisotopic (exact) mass is 349 g/mol. The molecule has 0 heterocycles. The Bertz CT molecular complexity index is 599. The van der Waals surface area contributed by atoms with Crippen LogP contribution in [0.15, 0.2) is 46.9 Å². The normalized spacial score (nSPS) is 12.0. The molecule has 0 fully saturated rings. The summed E-state index contributed by atoms with van der Waals surface area (Å²) in [7, 11) is 0. The minimum atomic E-state index is -0.00414. The van der Waals surface area contributed by atoms with Crippen molar-refractivity contribution in [1.82, 2.24) is 0 Å². The maximum Gasteiger partial charge on any atom is 0.169 e. The van der Waals surface area contributed by atoms with Gasteiger partial charge in [-0.05, 0) is 59.1 Å². The minimum absolute atomic E-state index is 0.00414. The van der Waals surface area contributed by atoms with Crippen LogP contribution < -0.4 is 15.2 Å². The summed E-state index contributed by atoms with van der Waals surface area (Å²) in [5.41, 5.74) is 6.94. The van der Waals surface area contributed by atoms with Gasteiger partial charge in [-0.1, -0.05) is 25.1 Å². The molecule has 2 aromatic carbocycles. The molecule has 0 aliphatic heterocycles. The number of nitrogens with two attached hydrogens (primary N) is 1. The number of benzene rings is 2. The molecule has 0 saturated heterocycles. The number of ether oxygens (including phenoxy) is 2. The molecular weight excluding hydrogens is 330 g/mol. The van der Waals surface area contributed by atoms with E-state index in [9.17, 15) is 0 Å². The molecule has 112 valence electrons. The number of hydrogen-bond donors (Lipinski definition) is 1. The van der Waals surface area contributed by atoms with Crippen LogP contribution in [0, 0.1) is 0 Å². The Morgan fingerprint density at radius 1 is 1.10 bits per heavy atom. The number of para-hydroxylation sites is 2. The maximum absolute atomic E-state index is 5.96. The van der Waals surface area contributed by atoms with Crippen LogP contribution >= 0.6 is 15.9 Å². The molecule has 3 nitrogen and oxygen atoms in total. The fourth-order valence-electron chi connectivity index (χ4n) is 1.87. The van der Waals surface area contributed by atoms with Crippen molar-refractivity contribution in [3.63, 3.8) is 0 Å². The van der Waals surface area contributed by atoms with Crippen LogP contribution in [-0.2, 0) is 0 Å². The number of halogens is 1. The molecule has 0 unspecified atom stereocenters. The van der Waals surface area contributed by atoms with Gasteiger partial charge >= 0.3 is 0 Å². The molecule has 0 spiro atoms. The van der Waals surface area contributed by atoms with E-state index in [-0.39, 0.29) is 6.04 Å². The van der Waals surface area contributed by atoms with Crippen LogP contribution in [0.4, 0.5) is 0 Å². The van der Waals surface area contributed by atoms with Gasteiger partial charge in [0, 0.05) is 6.04 Å². The number of hydrogen-bond acceptors (Lipinski definition) is 3. The van der Waals surface area contributed by atoms with Crippen molar-refractivity contribution in [3.05, 3.63) is 52.5 Å². The smallest absolute Gasteiger partial charge is 0.169 e. The first-order valence-corrected chi connectivity index (χ1v) is 7.85. The van der Waals surface area contributed by atoms with E-state index in [1.165, 1.54) is 0 Å². The molecule has 2 N–H and O–H groups in total. The summed E-state index contributed by atoms with van der Waals surface area (Å²) in [5, 5.41) is 0. The SMILES string of the molecule is CCCOc1ccccc1Oc1ccc([C@@H](C)N)cc1Br. The highest BCUT2D eigenvalue weighted by atomic mass is 79.9. The van der Waals surface area contributed by atoms with E-state index in [1.54, 1.807) is 0 Å². The molecule has 0 amide bonds. The Kier molecular flexibility index (Phi) is 5.65. The molecule has 0 bridgehead atoms. The topological polar surface area (TPSA) is 44.5 Å². The van der Waals surface area contributed by atoms with Crippen LogP contribution in [0.2, 0.25) is 0 Å². The second-order valence-corrected chi connectivity index (χ2v) is 5.73. The molecule has 0 aliphatic carbocycles. The van der Waals surface area contributed by atoms with E-state index in [2.05, 4.69) is 22.9 Å². The Balaban J connectivity index is 2.22. The minimum Gasteiger partial charge on any atom is -0.490 e. The average Bonchev–Trinajstić information content (AvgIpc) is 2.48. The van der Waals surface area contributed by atoms with Crippen molar-refractivity contribution in [1.29, 1.82) is 0 Å². The van der Waals surface area contributed by atoms with Gasteiger partial charge < -0.3 is 15.2 Å². The Hall–Kier alpha value is -1.52. The average molecular weight is 350 g/mol. The molecule has 4 heteroatoms. The van der Waals surface area contributed by atoms with Crippen LogP contribution in [0.3, 0.4) is 0 Å². The van der Waals surface area contributed by atoms with E-state index in [4.69, 9.17) is 15.2 Å². The molecule has 0 aromatic heterocycles. The zero-order valence-electron chi connectivity index (χ0n) is 12.3. The van der Waals surface area contributed by atoms with Crippen LogP contribution in [0.1, 0.15) is 31.9 Å². The zero-order valence-corrected chi connectivity index (χ0v) is 13.9. The third-order valence-electron chi connectivity index (χ3n) is 3.01. The van der Waals surface area contributed by atoms with Crippen molar-refractivity contribution in [3.8, 4) is 17.2 Å². The summed E-state index contributed by atoms with van der Waals surface area (Å²) in [5.74, 6) is 2.20. The van der Waals surface area contributed by atoms with Crippen LogP contribution in [0.5, 0.6) is 17.2 Å². The largest absolute Gasteiger partial charge is 0.490 e. The van der Waals surface area contributed by atoms with Gasteiger partial charge in [0.15, 0.2) is 11.5 Å². The van der Waals surface area contributed by atoms with Gasteiger partial charge in [0.2, 0.25) is 0 Å². The summed E-state index contributed by atoms with van der Waals surface area (Å²) in [6.07, 6.45) is 0.959. The van der Waals surface area contributed by atoms with Crippen molar-refractivity contribution in [2.45, 2.75) is 26.3 Å². The van der Waals surface area contributed by atoms with E-state index in [0.29, 0.717) is 12.4 Å². The molecule has 0 saturated carbocycles. The predicted molar refractivity (Wildman–Crippen MR) is 89.0 cm³/mol. The third-order valence-corrected chi connectivity index (χ3v) is 3.63. The number of rotatable bonds is 6. The van der Waals surface area contributed by atoms with Gasteiger partial charge in [-0.2, -0.15) is 0 Å². The maximum atomic E-state index is 5.96. The summed E-state index contributed by atoms with van der Waals surface area (Å²) in [6, 6.07) is 13.5. The highest BCUT2D eigenvalue weighted by Gasteiger charge is 2.09. The van der Waals surface area contributed by atoms with Gasteiger partial charge in [-0.15, -0.1) is 0 Å². The van der Waals surface area contributed by atoms with Crippen LogP contribution in [0.25, 0.3) is 0 Å². The summed E-state index contributed by atoms with van der Waals surface area (Å²) in [4.78, 5) is 0. The van der Waals surface area contributed by atoms with E-state index >= 15 is 0 Å². The Morgan fingerprint density at radius 2 is 1.81 bits per heavy atom. The van der Waals surface area contributed by atoms with Gasteiger partial charge in [-0.25, -0.2) is 0 Å². The molecule has 0 radical (unpaired) electrons. The predicted octanol–water partition coefficient (Wildman–Crippen LogP) is 5.05. The zero-order chi connectivity index (χ0) is 15.2. The fourth-order valence-corrected chi connectivity index (χ4v) is 2.34. The lowest BCUT2D eigenvalue weighted by Gasteiger charge is -2.14. The second-order valence-electron chi connectivity index (χ2n) is 4.88. The Morgan fingerprint density at radius 3 is 2.43 bits per heavy atom. The van der Waals surface area contributed by atoms with Crippen molar-refractivity contribution < 1.29 is 9.47 Å². The van der Waals surface area contributed by atoms with Crippen LogP contribution in [-0.4, -0.2) is 6.61 Å². The first-order chi connectivity index (χ1) is 10.1. The lowest BCUT2D eigenvalue weighted by atomic mass is 10.1. The first kappa shape index (κ1) is 15.9. The Labute approximate surface area is 134 Å². The molecule has 21 heavy (non-hydrogen) atoms. The molecule has 0 aliphatic rings. The third kappa shape index (κ3) is 4.22. The lowest BCUT2D eigenvalue weighted by molar-refractivity contribution is 0.302. The molecule has 2 aromatic rings. The van der Waals surface area contributed by atoms with E-state index in [0.717, 1.165) is 28.0 Å². The second kappa shape index (κ2) is 7.48. The quantitative estimate of drug-likeness (QED) is 0.793. The highest BCUT2D eigenvalue weighted by molar-refractivity contribution is 9.10. The fraction of sp³-hybridized carbons (Fsp3) is 0.294.